The van der Waals surface area contributed by atoms with Crippen molar-refractivity contribution in [3.63, 3.8) is 0 Å². The first-order chi connectivity index (χ1) is 10.0. The number of hydrogen-bond donors (Lipinski definition) is 2. The van der Waals surface area contributed by atoms with Crippen LogP contribution in [0.4, 0.5) is 10.5 Å². The Morgan fingerprint density at radius 1 is 1.48 bits per heavy atom. The molecule has 0 aromatic heterocycles. The Kier molecular flexibility index (Phi) is 4.67. The van der Waals surface area contributed by atoms with Crippen LogP contribution in [0.5, 0.6) is 5.75 Å². The maximum absolute atomic E-state index is 12.4. The summed E-state index contributed by atoms with van der Waals surface area (Å²) in [7, 11) is 1.61. The van der Waals surface area contributed by atoms with Gasteiger partial charge in [0.2, 0.25) is 5.91 Å². The van der Waals surface area contributed by atoms with Gasteiger partial charge in [0.05, 0.1) is 7.11 Å². The molecule has 1 aromatic carbocycles. The van der Waals surface area contributed by atoms with Gasteiger partial charge in [-0.25, -0.2) is 4.79 Å². The van der Waals surface area contributed by atoms with Crippen LogP contribution in [0, 0.1) is 6.92 Å². The zero-order valence-electron chi connectivity index (χ0n) is 12.6. The van der Waals surface area contributed by atoms with E-state index in [1.54, 1.807) is 18.1 Å². The molecule has 6 nitrogen and oxygen atoms in total. The summed E-state index contributed by atoms with van der Waals surface area (Å²) in [6, 6.07) is 5.27. The lowest BCUT2D eigenvalue weighted by Crippen LogP contribution is -2.44. The maximum Gasteiger partial charge on any atom is 0.322 e. The number of hydrogen-bond acceptors (Lipinski definition) is 3. The third-order valence-electron chi connectivity index (χ3n) is 3.64. The van der Waals surface area contributed by atoms with Gasteiger partial charge in [0.25, 0.3) is 0 Å². The summed E-state index contributed by atoms with van der Waals surface area (Å²) in [4.78, 5) is 25.5. The number of anilines is 1. The zero-order chi connectivity index (χ0) is 15.4. The number of nitrogens with zero attached hydrogens (tertiary/aromatic N) is 1. The smallest absolute Gasteiger partial charge is 0.322 e. The van der Waals surface area contributed by atoms with Crippen molar-refractivity contribution in [3.8, 4) is 5.75 Å². The highest BCUT2D eigenvalue weighted by Crippen LogP contribution is 2.21. The quantitative estimate of drug-likeness (QED) is 0.872. The minimum Gasteiger partial charge on any atom is -0.497 e. The van der Waals surface area contributed by atoms with E-state index in [4.69, 9.17) is 4.74 Å². The topological polar surface area (TPSA) is 70.7 Å². The molecular weight excluding hydrogens is 270 g/mol. The van der Waals surface area contributed by atoms with Gasteiger partial charge in [0.15, 0.2) is 0 Å². The minimum absolute atomic E-state index is 0.0159. The fourth-order valence-electron chi connectivity index (χ4n) is 2.29. The van der Waals surface area contributed by atoms with Crippen LogP contribution in [0.25, 0.3) is 0 Å². The number of amides is 3. The van der Waals surface area contributed by atoms with Crippen LogP contribution < -0.4 is 15.4 Å². The van der Waals surface area contributed by atoms with Crippen molar-refractivity contribution in [1.82, 2.24) is 10.2 Å². The molecule has 1 aliphatic rings. The van der Waals surface area contributed by atoms with Crippen molar-refractivity contribution in [1.29, 1.82) is 0 Å². The Morgan fingerprint density at radius 3 is 2.90 bits per heavy atom. The molecule has 1 fully saturated rings. The van der Waals surface area contributed by atoms with E-state index in [2.05, 4.69) is 10.6 Å². The van der Waals surface area contributed by atoms with Gasteiger partial charge in [0, 0.05) is 31.2 Å². The van der Waals surface area contributed by atoms with E-state index in [-0.39, 0.29) is 18.0 Å². The molecule has 0 radical (unpaired) electrons. The third kappa shape index (κ3) is 3.65. The van der Waals surface area contributed by atoms with Crippen LogP contribution in [-0.4, -0.2) is 43.1 Å². The number of benzene rings is 1. The van der Waals surface area contributed by atoms with Crippen LogP contribution in [0.1, 0.15) is 18.9 Å². The molecule has 21 heavy (non-hydrogen) atoms. The van der Waals surface area contributed by atoms with Crippen LogP contribution in [0.3, 0.4) is 0 Å². The standard InChI is InChI=1S/C15H21N3O3/c1-10-8-12(21-3)4-5-13(10)17-15(20)18-7-6-14(19)16-9-11(18)2/h4-5,8,11H,6-7,9H2,1-3H3,(H,16,19)(H,17,20)/t11-/m1/s1. The van der Waals surface area contributed by atoms with Gasteiger partial charge in [-0.3, -0.25) is 4.79 Å². The number of aryl methyl sites for hydroxylation is 1. The molecule has 1 saturated heterocycles. The predicted molar refractivity (Wildman–Crippen MR) is 80.5 cm³/mol. The second-order valence-electron chi connectivity index (χ2n) is 5.21. The zero-order valence-corrected chi connectivity index (χ0v) is 12.6. The van der Waals surface area contributed by atoms with Gasteiger partial charge in [-0.2, -0.15) is 0 Å². The molecule has 114 valence electrons. The van der Waals surface area contributed by atoms with Gasteiger partial charge in [0.1, 0.15) is 5.75 Å². The molecule has 3 amide bonds. The van der Waals surface area contributed by atoms with E-state index in [0.717, 1.165) is 17.0 Å². The molecular formula is C15H21N3O3. The van der Waals surface area contributed by atoms with Crippen molar-refractivity contribution >= 4 is 17.6 Å². The van der Waals surface area contributed by atoms with Gasteiger partial charge in [-0.15, -0.1) is 0 Å². The Balaban J connectivity index is 2.08. The summed E-state index contributed by atoms with van der Waals surface area (Å²) in [5.41, 5.74) is 1.68. The number of ether oxygens (including phenoxy) is 1. The molecule has 1 aromatic rings. The summed E-state index contributed by atoms with van der Waals surface area (Å²) < 4.78 is 5.15. The largest absolute Gasteiger partial charge is 0.497 e. The van der Waals surface area contributed by atoms with Crippen LogP contribution in [-0.2, 0) is 4.79 Å². The van der Waals surface area contributed by atoms with E-state index in [1.807, 2.05) is 26.0 Å². The molecule has 2 rings (SSSR count). The highest BCUT2D eigenvalue weighted by Gasteiger charge is 2.24. The first-order valence-electron chi connectivity index (χ1n) is 7.00. The fourth-order valence-corrected chi connectivity index (χ4v) is 2.29. The molecule has 0 saturated carbocycles. The molecule has 1 aliphatic heterocycles. The predicted octanol–water partition coefficient (Wildman–Crippen LogP) is 1.75. The Bertz CT molecular complexity index is 545. The normalized spacial score (nSPS) is 18.7. The van der Waals surface area contributed by atoms with E-state index in [1.165, 1.54) is 0 Å². The Hall–Kier alpha value is -2.24. The second-order valence-corrected chi connectivity index (χ2v) is 5.21. The summed E-state index contributed by atoms with van der Waals surface area (Å²) in [6.45, 7) is 4.74. The van der Waals surface area contributed by atoms with E-state index >= 15 is 0 Å². The number of rotatable bonds is 2. The molecule has 0 unspecified atom stereocenters. The Labute approximate surface area is 124 Å². The monoisotopic (exact) mass is 291 g/mol. The van der Waals surface area contributed by atoms with Crippen molar-refractivity contribution in [2.75, 3.05) is 25.5 Å². The molecule has 1 heterocycles. The lowest BCUT2D eigenvalue weighted by Gasteiger charge is -2.27. The van der Waals surface area contributed by atoms with Crippen LogP contribution in [0.2, 0.25) is 0 Å². The first-order valence-corrected chi connectivity index (χ1v) is 7.00. The van der Waals surface area contributed by atoms with Crippen LogP contribution >= 0.6 is 0 Å². The lowest BCUT2D eigenvalue weighted by atomic mass is 10.2. The fraction of sp³-hybridized carbons (Fsp3) is 0.467. The van der Waals surface area contributed by atoms with E-state index in [9.17, 15) is 9.59 Å². The van der Waals surface area contributed by atoms with Crippen molar-refractivity contribution in [3.05, 3.63) is 23.8 Å². The molecule has 0 aliphatic carbocycles. The first kappa shape index (κ1) is 15.2. The highest BCUT2D eigenvalue weighted by atomic mass is 16.5. The van der Waals surface area contributed by atoms with E-state index in [0.29, 0.717) is 19.5 Å². The summed E-state index contributed by atoms with van der Waals surface area (Å²) in [5.74, 6) is 0.737. The van der Waals surface area contributed by atoms with Gasteiger partial charge in [-0.1, -0.05) is 0 Å². The number of urea groups is 1. The average Bonchev–Trinajstić information content (AvgIpc) is 2.63. The average molecular weight is 291 g/mol. The SMILES string of the molecule is COc1ccc(NC(=O)N2CCC(=O)NC[C@H]2C)c(C)c1. The molecule has 0 spiro atoms. The summed E-state index contributed by atoms with van der Waals surface area (Å²) in [6.07, 6.45) is 0.333. The number of methoxy groups -OCH3 is 1. The third-order valence-corrected chi connectivity index (χ3v) is 3.64. The van der Waals surface area contributed by atoms with Crippen molar-refractivity contribution < 1.29 is 14.3 Å². The Morgan fingerprint density at radius 2 is 2.24 bits per heavy atom. The van der Waals surface area contributed by atoms with Crippen LogP contribution in [0.15, 0.2) is 18.2 Å². The number of carbonyl (C=O) groups is 2. The maximum atomic E-state index is 12.4. The van der Waals surface area contributed by atoms with Gasteiger partial charge >= 0.3 is 6.03 Å². The number of nitrogens with one attached hydrogen (secondary N) is 2. The second kappa shape index (κ2) is 6.47. The summed E-state index contributed by atoms with van der Waals surface area (Å²) >= 11 is 0. The van der Waals surface area contributed by atoms with Gasteiger partial charge in [-0.05, 0) is 37.6 Å². The lowest BCUT2D eigenvalue weighted by molar-refractivity contribution is -0.120. The summed E-state index contributed by atoms with van der Waals surface area (Å²) in [5, 5.41) is 5.69. The highest BCUT2D eigenvalue weighted by molar-refractivity contribution is 5.91. The van der Waals surface area contributed by atoms with Crippen molar-refractivity contribution in [2.24, 2.45) is 0 Å². The number of carbonyl (C=O) groups excluding carboxylic acids is 2. The molecule has 1 atom stereocenters. The van der Waals surface area contributed by atoms with Gasteiger partial charge < -0.3 is 20.3 Å². The van der Waals surface area contributed by atoms with Crippen molar-refractivity contribution in [2.45, 2.75) is 26.3 Å². The minimum atomic E-state index is -0.188. The van der Waals surface area contributed by atoms with E-state index < -0.39 is 0 Å². The molecule has 2 N–H and O–H groups in total. The molecule has 0 bridgehead atoms. The molecule has 6 heteroatoms.